The molecule has 1 aliphatic rings. The van der Waals surface area contributed by atoms with Crippen LogP contribution in [0.4, 0.5) is 17.6 Å². The van der Waals surface area contributed by atoms with Gasteiger partial charge < -0.3 is 15.9 Å². The first-order valence-electron chi connectivity index (χ1n) is 9.12. The summed E-state index contributed by atoms with van der Waals surface area (Å²) in [5, 5.41) is 1.59. The molecule has 1 aliphatic heterocycles. The Labute approximate surface area is 171 Å². The number of halogens is 4. The van der Waals surface area contributed by atoms with Crippen molar-refractivity contribution in [1.29, 1.82) is 0 Å². The minimum atomic E-state index is -1.00. The molecule has 2 aromatic rings. The molecule has 2 unspecified atom stereocenters. The highest BCUT2D eigenvalue weighted by Gasteiger charge is 2.35. The van der Waals surface area contributed by atoms with E-state index in [4.69, 9.17) is 22.7 Å². The van der Waals surface area contributed by atoms with E-state index >= 15 is 0 Å². The zero-order chi connectivity index (χ0) is 21.1. The molecule has 156 valence electrons. The first kappa shape index (κ1) is 21.5. The Morgan fingerprint density at radius 1 is 1.17 bits per heavy atom. The second-order valence-corrected chi connectivity index (χ2v) is 7.34. The van der Waals surface area contributed by atoms with Gasteiger partial charge in [0.15, 0.2) is 11.6 Å². The van der Waals surface area contributed by atoms with Gasteiger partial charge in [0, 0.05) is 30.2 Å². The van der Waals surface area contributed by atoms with E-state index in [1.165, 1.54) is 0 Å². The first-order valence-corrected chi connectivity index (χ1v) is 9.53. The molecule has 0 radical (unpaired) electrons. The summed E-state index contributed by atoms with van der Waals surface area (Å²) in [5.41, 5.74) is 8.83. The van der Waals surface area contributed by atoms with Gasteiger partial charge in [-0.1, -0.05) is 12.2 Å². The van der Waals surface area contributed by atoms with E-state index in [-0.39, 0.29) is 28.8 Å². The van der Waals surface area contributed by atoms with Gasteiger partial charge >= 0.3 is 0 Å². The maximum atomic E-state index is 14.1. The Morgan fingerprint density at radius 3 is 2.62 bits per heavy atom. The number of rotatable bonds is 6. The summed E-state index contributed by atoms with van der Waals surface area (Å²) in [6.07, 6.45) is 1.38. The SMILES string of the molecule is CN(NC(=S)c1cc(F)ccc1F)C1c2cc(F)c(F)cc2OCC1CCCN. The predicted molar refractivity (Wildman–Crippen MR) is 105 cm³/mol. The summed E-state index contributed by atoms with van der Waals surface area (Å²) >= 11 is 5.24. The number of thiocarbonyl (C=S) groups is 1. The molecule has 0 aromatic heterocycles. The normalized spacial score (nSPS) is 18.3. The molecule has 4 nitrogen and oxygen atoms in total. The predicted octanol–water partition coefficient (Wildman–Crippen LogP) is 3.84. The Hall–Kier alpha value is -2.23. The van der Waals surface area contributed by atoms with Crippen molar-refractivity contribution in [3.05, 3.63) is 64.7 Å². The van der Waals surface area contributed by atoms with Crippen LogP contribution < -0.4 is 15.9 Å². The van der Waals surface area contributed by atoms with E-state index in [0.29, 0.717) is 24.9 Å². The molecular formula is C20H21F4N3OS. The molecule has 3 rings (SSSR count). The van der Waals surface area contributed by atoms with Crippen LogP contribution in [0.25, 0.3) is 0 Å². The molecular weight excluding hydrogens is 406 g/mol. The lowest BCUT2D eigenvalue weighted by Gasteiger charge is -2.39. The number of benzene rings is 2. The van der Waals surface area contributed by atoms with Crippen LogP contribution in [0.2, 0.25) is 0 Å². The third-order valence-electron chi connectivity index (χ3n) is 4.92. The number of ether oxygens (including phenoxy) is 1. The second kappa shape index (κ2) is 9.06. The zero-order valence-corrected chi connectivity index (χ0v) is 16.5. The second-order valence-electron chi connectivity index (χ2n) is 6.93. The van der Waals surface area contributed by atoms with Crippen LogP contribution in [0.1, 0.15) is 30.0 Å². The molecule has 2 atom stereocenters. The summed E-state index contributed by atoms with van der Waals surface area (Å²) in [6, 6.07) is 4.64. The molecule has 0 aliphatic carbocycles. The van der Waals surface area contributed by atoms with Crippen molar-refractivity contribution in [3.8, 4) is 5.75 Å². The van der Waals surface area contributed by atoms with Gasteiger partial charge in [0.05, 0.1) is 12.6 Å². The molecule has 0 saturated carbocycles. The van der Waals surface area contributed by atoms with Crippen LogP contribution in [-0.2, 0) is 0 Å². The molecule has 0 fully saturated rings. The monoisotopic (exact) mass is 427 g/mol. The third-order valence-corrected chi connectivity index (χ3v) is 5.23. The van der Waals surface area contributed by atoms with E-state index in [1.807, 2.05) is 0 Å². The van der Waals surface area contributed by atoms with Gasteiger partial charge in [0.2, 0.25) is 0 Å². The lowest BCUT2D eigenvalue weighted by molar-refractivity contribution is 0.0762. The van der Waals surface area contributed by atoms with Crippen molar-refractivity contribution in [2.75, 3.05) is 20.2 Å². The van der Waals surface area contributed by atoms with E-state index in [2.05, 4.69) is 5.43 Å². The van der Waals surface area contributed by atoms with Crippen molar-refractivity contribution >= 4 is 17.2 Å². The number of hydrazine groups is 1. The van der Waals surface area contributed by atoms with Gasteiger partial charge in [-0.3, -0.25) is 0 Å². The standard InChI is InChI=1S/C20H21F4N3OS/c1-27(26-20(29)13-7-12(21)4-5-15(13)22)19-11(3-2-6-25)10-28-18-9-17(24)16(23)8-14(18)19/h4-5,7-9,11,19H,2-3,6,10,25H2,1H3,(H,26,29). The molecule has 2 aromatic carbocycles. The van der Waals surface area contributed by atoms with Crippen molar-refractivity contribution < 1.29 is 22.3 Å². The van der Waals surface area contributed by atoms with Crippen LogP contribution in [0.15, 0.2) is 30.3 Å². The van der Waals surface area contributed by atoms with Crippen LogP contribution in [0, 0.1) is 29.2 Å². The number of nitrogens with two attached hydrogens (primary N) is 1. The Kier molecular flexibility index (Phi) is 6.71. The summed E-state index contributed by atoms with van der Waals surface area (Å²) in [5.74, 6) is -3.16. The van der Waals surface area contributed by atoms with Crippen molar-refractivity contribution in [3.63, 3.8) is 0 Å². The van der Waals surface area contributed by atoms with Crippen molar-refractivity contribution in [2.45, 2.75) is 18.9 Å². The van der Waals surface area contributed by atoms with Gasteiger partial charge in [0.1, 0.15) is 22.4 Å². The van der Waals surface area contributed by atoms with Gasteiger partial charge in [-0.15, -0.1) is 0 Å². The largest absolute Gasteiger partial charge is 0.493 e. The van der Waals surface area contributed by atoms with Crippen LogP contribution in [0.5, 0.6) is 5.75 Å². The Balaban J connectivity index is 1.90. The highest BCUT2D eigenvalue weighted by Crippen LogP contribution is 2.41. The van der Waals surface area contributed by atoms with E-state index < -0.39 is 29.3 Å². The lowest BCUT2D eigenvalue weighted by Crippen LogP contribution is -2.46. The number of hydrogen-bond acceptors (Lipinski definition) is 4. The highest BCUT2D eigenvalue weighted by atomic mass is 32.1. The van der Waals surface area contributed by atoms with Gasteiger partial charge in [0.25, 0.3) is 0 Å². The number of nitrogens with one attached hydrogen (secondary N) is 1. The summed E-state index contributed by atoms with van der Waals surface area (Å²) in [6.45, 7) is 0.744. The number of nitrogens with zero attached hydrogens (tertiary/aromatic N) is 1. The van der Waals surface area contributed by atoms with Crippen LogP contribution in [0.3, 0.4) is 0 Å². The molecule has 1 heterocycles. The topological polar surface area (TPSA) is 50.5 Å². The van der Waals surface area contributed by atoms with Gasteiger partial charge in [-0.25, -0.2) is 22.6 Å². The molecule has 0 spiro atoms. The van der Waals surface area contributed by atoms with E-state index in [1.54, 1.807) is 12.1 Å². The Morgan fingerprint density at radius 2 is 1.90 bits per heavy atom. The molecule has 0 amide bonds. The fraction of sp³-hybridized carbons (Fsp3) is 0.350. The average molecular weight is 427 g/mol. The number of hydrogen-bond donors (Lipinski definition) is 2. The van der Waals surface area contributed by atoms with E-state index in [9.17, 15) is 17.6 Å². The molecule has 0 saturated heterocycles. The first-order chi connectivity index (χ1) is 13.8. The Bertz CT molecular complexity index is 912. The zero-order valence-electron chi connectivity index (χ0n) is 15.7. The average Bonchev–Trinajstić information content (AvgIpc) is 2.68. The van der Waals surface area contributed by atoms with Gasteiger partial charge in [-0.2, -0.15) is 0 Å². The van der Waals surface area contributed by atoms with Crippen LogP contribution >= 0.6 is 12.2 Å². The quantitative estimate of drug-likeness (QED) is 0.417. The van der Waals surface area contributed by atoms with Crippen LogP contribution in [-0.4, -0.2) is 30.2 Å². The maximum absolute atomic E-state index is 14.1. The minimum Gasteiger partial charge on any atom is -0.493 e. The van der Waals surface area contributed by atoms with E-state index in [0.717, 1.165) is 30.3 Å². The molecule has 9 heteroatoms. The summed E-state index contributed by atoms with van der Waals surface area (Å²) in [4.78, 5) is -0.0299. The molecule has 29 heavy (non-hydrogen) atoms. The van der Waals surface area contributed by atoms with Crippen molar-refractivity contribution in [2.24, 2.45) is 11.7 Å². The fourth-order valence-electron chi connectivity index (χ4n) is 3.55. The fourth-order valence-corrected chi connectivity index (χ4v) is 3.85. The molecule has 0 bridgehead atoms. The maximum Gasteiger partial charge on any atom is 0.162 e. The number of fused-ring (bicyclic) bond motifs is 1. The summed E-state index contributed by atoms with van der Waals surface area (Å²) in [7, 11) is 1.65. The highest BCUT2D eigenvalue weighted by molar-refractivity contribution is 7.80. The van der Waals surface area contributed by atoms with Crippen molar-refractivity contribution in [1.82, 2.24) is 10.4 Å². The lowest BCUT2D eigenvalue weighted by atomic mass is 9.87. The van der Waals surface area contributed by atoms with Gasteiger partial charge in [-0.05, 0) is 43.7 Å². The molecule has 3 N–H and O–H groups in total. The minimum absolute atomic E-state index is 0.0299. The summed E-state index contributed by atoms with van der Waals surface area (Å²) < 4.78 is 60.8. The third kappa shape index (κ3) is 4.68. The smallest absolute Gasteiger partial charge is 0.162 e.